The Labute approximate surface area is 121 Å². The van der Waals surface area contributed by atoms with Crippen LogP contribution in [0.2, 0.25) is 0 Å². The van der Waals surface area contributed by atoms with Crippen LogP contribution >= 0.6 is 0 Å². The normalized spacial score (nSPS) is 9.90. The van der Waals surface area contributed by atoms with Crippen molar-refractivity contribution in [3.8, 4) is 0 Å². The summed E-state index contributed by atoms with van der Waals surface area (Å²) in [4.78, 5) is 42.9. The van der Waals surface area contributed by atoms with Crippen LogP contribution in [0, 0.1) is 5.41 Å². The van der Waals surface area contributed by atoms with Gasteiger partial charge in [-0.1, -0.05) is 13.2 Å². The zero-order chi connectivity index (χ0) is 16.1. The molecule has 0 saturated carbocycles. The van der Waals surface area contributed by atoms with E-state index in [-0.39, 0.29) is 39.4 Å². The Morgan fingerprint density at radius 2 is 1.19 bits per heavy atom. The third-order valence-electron chi connectivity index (χ3n) is 2.29. The fourth-order valence-electron chi connectivity index (χ4n) is 1.24. The largest absolute Gasteiger partial charge is 0.467 e. The van der Waals surface area contributed by atoms with E-state index in [2.05, 4.69) is 22.6 Å². The standard InChI is InChI=1S/C13H16O8/c1-3-11(16)20-7-13(5-18-9-14,6-19-10-15)8-21-12(17)4-2/h3-4,9-10H,1-2,5-8H2. The first-order valence-electron chi connectivity index (χ1n) is 5.72. The van der Waals surface area contributed by atoms with Crippen LogP contribution in [0.4, 0.5) is 0 Å². The minimum Gasteiger partial charge on any atom is -0.467 e. The summed E-state index contributed by atoms with van der Waals surface area (Å²) in [5.74, 6) is -1.46. The number of esters is 2. The lowest BCUT2D eigenvalue weighted by Crippen LogP contribution is -2.42. The summed E-state index contributed by atoms with van der Waals surface area (Å²) in [7, 11) is 0. The maximum atomic E-state index is 11.1. The van der Waals surface area contributed by atoms with E-state index in [0.717, 1.165) is 12.2 Å². The summed E-state index contributed by atoms with van der Waals surface area (Å²) >= 11 is 0. The summed E-state index contributed by atoms with van der Waals surface area (Å²) in [6.45, 7) is 5.57. The van der Waals surface area contributed by atoms with Gasteiger partial charge in [-0.2, -0.15) is 0 Å². The van der Waals surface area contributed by atoms with E-state index < -0.39 is 17.4 Å². The lowest BCUT2D eigenvalue weighted by molar-refractivity contribution is -0.159. The van der Waals surface area contributed by atoms with Crippen LogP contribution in [0.1, 0.15) is 0 Å². The third-order valence-corrected chi connectivity index (χ3v) is 2.29. The van der Waals surface area contributed by atoms with Gasteiger partial charge in [-0.15, -0.1) is 0 Å². The summed E-state index contributed by atoms with van der Waals surface area (Å²) in [5.41, 5.74) is -1.22. The van der Waals surface area contributed by atoms with Gasteiger partial charge in [0.2, 0.25) is 0 Å². The molecule has 0 radical (unpaired) electrons. The van der Waals surface area contributed by atoms with Crippen LogP contribution in [0.25, 0.3) is 0 Å². The van der Waals surface area contributed by atoms with E-state index in [9.17, 15) is 19.2 Å². The van der Waals surface area contributed by atoms with Gasteiger partial charge < -0.3 is 18.9 Å². The van der Waals surface area contributed by atoms with Crippen molar-refractivity contribution in [1.29, 1.82) is 0 Å². The molecule has 0 aromatic carbocycles. The number of carbonyl (C=O) groups excluding carboxylic acids is 4. The fraction of sp³-hybridized carbons (Fsp3) is 0.385. The molecule has 0 aromatic rings. The van der Waals surface area contributed by atoms with Crippen LogP contribution in [0.3, 0.4) is 0 Å². The van der Waals surface area contributed by atoms with Gasteiger partial charge in [0.25, 0.3) is 12.9 Å². The van der Waals surface area contributed by atoms with Crippen molar-refractivity contribution in [2.75, 3.05) is 26.4 Å². The third kappa shape index (κ3) is 7.51. The molecule has 0 fully saturated rings. The molecule has 0 aliphatic carbocycles. The number of carbonyl (C=O) groups is 4. The van der Waals surface area contributed by atoms with Crippen molar-refractivity contribution < 1.29 is 38.1 Å². The Bertz CT molecular complexity index is 363. The maximum absolute atomic E-state index is 11.1. The zero-order valence-electron chi connectivity index (χ0n) is 11.3. The first-order valence-corrected chi connectivity index (χ1v) is 5.72. The molecule has 0 spiro atoms. The van der Waals surface area contributed by atoms with Crippen molar-refractivity contribution in [3.63, 3.8) is 0 Å². The highest BCUT2D eigenvalue weighted by Crippen LogP contribution is 2.20. The summed E-state index contributed by atoms with van der Waals surface area (Å²) in [5, 5.41) is 0. The molecule has 0 rings (SSSR count). The molecule has 0 bridgehead atoms. The van der Waals surface area contributed by atoms with E-state index >= 15 is 0 Å². The van der Waals surface area contributed by atoms with Crippen molar-refractivity contribution in [2.24, 2.45) is 5.41 Å². The highest BCUT2D eigenvalue weighted by atomic mass is 16.6. The number of hydrogen-bond acceptors (Lipinski definition) is 8. The van der Waals surface area contributed by atoms with Crippen LogP contribution in [-0.4, -0.2) is 51.3 Å². The average molecular weight is 300 g/mol. The monoisotopic (exact) mass is 300 g/mol. The zero-order valence-corrected chi connectivity index (χ0v) is 11.3. The minimum absolute atomic E-state index is 0.167. The number of hydrogen-bond donors (Lipinski definition) is 0. The molecular weight excluding hydrogens is 284 g/mol. The highest BCUT2D eigenvalue weighted by Gasteiger charge is 2.36. The molecule has 0 unspecified atom stereocenters. The molecule has 0 aliphatic rings. The van der Waals surface area contributed by atoms with Gasteiger partial charge in [0, 0.05) is 12.2 Å². The van der Waals surface area contributed by atoms with E-state index in [0.29, 0.717) is 0 Å². The molecule has 0 amide bonds. The molecule has 0 saturated heterocycles. The van der Waals surface area contributed by atoms with Crippen molar-refractivity contribution >= 4 is 24.9 Å². The molecule has 0 aliphatic heterocycles. The SMILES string of the molecule is C=CC(=O)OCC(COC=O)(COC=O)COC(=O)C=C. The second-order valence-corrected chi connectivity index (χ2v) is 3.94. The van der Waals surface area contributed by atoms with E-state index in [1.165, 1.54) is 0 Å². The molecule has 8 nitrogen and oxygen atoms in total. The van der Waals surface area contributed by atoms with Crippen LogP contribution in [0.5, 0.6) is 0 Å². The van der Waals surface area contributed by atoms with Gasteiger partial charge >= 0.3 is 11.9 Å². The lowest BCUT2D eigenvalue weighted by Gasteiger charge is -2.30. The van der Waals surface area contributed by atoms with Gasteiger partial charge in [-0.05, 0) is 0 Å². The van der Waals surface area contributed by atoms with E-state index in [1.807, 2.05) is 0 Å². The predicted octanol–water partition coefficient (Wildman–Crippen LogP) is -0.223. The second-order valence-electron chi connectivity index (χ2n) is 3.94. The fourth-order valence-corrected chi connectivity index (χ4v) is 1.24. The first kappa shape index (κ1) is 18.4. The number of ether oxygens (including phenoxy) is 4. The van der Waals surface area contributed by atoms with Gasteiger partial charge in [-0.25, -0.2) is 9.59 Å². The van der Waals surface area contributed by atoms with Gasteiger partial charge in [0.1, 0.15) is 31.8 Å². The second kappa shape index (κ2) is 10.2. The topological polar surface area (TPSA) is 105 Å². The molecule has 8 heteroatoms. The van der Waals surface area contributed by atoms with Crippen LogP contribution in [0.15, 0.2) is 25.3 Å². The van der Waals surface area contributed by atoms with E-state index in [4.69, 9.17) is 9.47 Å². The summed E-state index contributed by atoms with van der Waals surface area (Å²) in [6.07, 6.45) is 1.86. The average Bonchev–Trinajstić information content (AvgIpc) is 2.52. The van der Waals surface area contributed by atoms with Crippen LogP contribution < -0.4 is 0 Å². The Morgan fingerprint density at radius 3 is 1.48 bits per heavy atom. The Morgan fingerprint density at radius 1 is 0.810 bits per heavy atom. The molecule has 0 aromatic heterocycles. The molecule has 0 heterocycles. The molecule has 116 valence electrons. The summed E-state index contributed by atoms with van der Waals surface area (Å²) in [6, 6.07) is 0. The molecule has 21 heavy (non-hydrogen) atoms. The first-order chi connectivity index (χ1) is 10.0. The van der Waals surface area contributed by atoms with Crippen LogP contribution in [-0.2, 0) is 38.1 Å². The smallest absolute Gasteiger partial charge is 0.330 e. The summed E-state index contributed by atoms with van der Waals surface area (Å²) < 4.78 is 18.9. The Balaban J connectivity index is 4.96. The molecular formula is C13H16O8. The Hall–Kier alpha value is -2.64. The number of rotatable bonds is 12. The highest BCUT2D eigenvalue weighted by molar-refractivity contribution is 5.81. The van der Waals surface area contributed by atoms with E-state index in [1.54, 1.807) is 0 Å². The van der Waals surface area contributed by atoms with Crippen molar-refractivity contribution in [3.05, 3.63) is 25.3 Å². The van der Waals surface area contributed by atoms with Gasteiger partial charge in [0.05, 0.1) is 0 Å². The predicted molar refractivity (Wildman–Crippen MR) is 68.8 cm³/mol. The van der Waals surface area contributed by atoms with Crippen molar-refractivity contribution in [1.82, 2.24) is 0 Å². The van der Waals surface area contributed by atoms with Gasteiger partial charge in [-0.3, -0.25) is 9.59 Å². The quantitative estimate of drug-likeness (QED) is 0.211. The maximum Gasteiger partial charge on any atom is 0.330 e. The van der Waals surface area contributed by atoms with Crippen molar-refractivity contribution in [2.45, 2.75) is 0 Å². The van der Waals surface area contributed by atoms with Gasteiger partial charge in [0.15, 0.2) is 0 Å². The Kier molecular flexibility index (Phi) is 8.90. The molecule has 0 atom stereocenters. The molecule has 0 N–H and O–H groups in total. The minimum atomic E-state index is -1.22. The lowest BCUT2D eigenvalue weighted by atomic mass is 9.92.